The van der Waals surface area contributed by atoms with E-state index in [1.165, 1.54) is 18.4 Å². The van der Waals surface area contributed by atoms with E-state index >= 15 is 0 Å². The van der Waals surface area contributed by atoms with Gasteiger partial charge in [0.05, 0.1) is 10.0 Å². The zero-order chi connectivity index (χ0) is 16.2. The molecular weight excluding hydrogens is 331 g/mol. The van der Waals surface area contributed by atoms with E-state index in [4.69, 9.17) is 23.2 Å². The predicted molar refractivity (Wildman–Crippen MR) is 95.2 cm³/mol. The van der Waals surface area contributed by atoms with Crippen molar-refractivity contribution in [1.82, 2.24) is 14.9 Å². The van der Waals surface area contributed by atoms with Crippen LogP contribution in [-0.4, -0.2) is 41.0 Å². The molecule has 0 aliphatic carbocycles. The van der Waals surface area contributed by atoms with Crippen molar-refractivity contribution in [2.24, 2.45) is 0 Å². The number of anilines is 1. The summed E-state index contributed by atoms with van der Waals surface area (Å²) < 4.78 is 0. The molecular formula is C17H20Cl2N4. The molecule has 23 heavy (non-hydrogen) atoms. The molecule has 0 saturated carbocycles. The quantitative estimate of drug-likeness (QED) is 0.837. The first-order chi connectivity index (χ1) is 11.1. The van der Waals surface area contributed by atoms with E-state index in [0.29, 0.717) is 16.1 Å². The minimum absolute atomic E-state index is 0.460. The number of likely N-dealkylation sites (N-methyl/N-ethyl adjacent to an activating group) is 1. The highest BCUT2D eigenvalue weighted by Gasteiger charge is 2.24. The first-order valence-corrected chi connectivity index (χ1v) is 8.54. The van der Waals surface area contributed by atoms with Crippen molar-refractivity contribution in [2.45, 2.75) is 25.4 Å². The fourth-order valence-corrected chi connectivity index (χ4v) is 3.39. The summed E-state index contributed by atoms with van der Waals surface area (Å²) in [6, 6.07) is 8.29. The standard InChI is InChI=1S/C17H20Cl2N4/c1-22(17-6-7-20-12-21-17)14-3-2-8-23(11-14)10-13-4-5-15(18)16(19)9-13/h4-7,9,12,14H,2-3,8,10-11H2,1H3. The third-order valence-electron chi connectivity index (χ3n) is 4.35. The number of nitrogens with zero attached hydrogens (tertiary/aromatic N) is 4. The Kier molecular flexibility index (Phi) is 5.36. The molecule has 1 aromatic carbocycles. The van der Waals surface area contributed by atoms with Crippen LogP contribution in [0.4, 0.5) is 5.82 Å². The molecule has 0 spiro atoms. The van der Waals surface area contributed by atoms with Gasteiger partial charge in [-0.2, -0.15) is 0 Å². The monoisotopic (exact) mass is 350 g/mol. The molecule has 0 radical (unpaired) electrons. The van der Waals surface area contributed by atoms with Gasteiger partial charge in [0.15, 0.2) is 0 Å². The van der Waals surface area contributed by atoms with Crippen LogP contribution in [0.1, 0.15) is 18.4 Å². The molecule has 1 saturated heterocycles. The Morgan fingerprint density at radius 2 is 2.13 bits per heavy atom. The number of hydrogen-bond donors (Lipinski definition) is 0. The third-order valence-corrected chi connectivity index (χ3v) is 5.09. The number of halogens is 2. The fourth-order valence-electron chi connectivity index (χ4n) is 3.07. The summed E-state index contributed by atoms with van der Waals surface area (Å²) in [7, 11) is 2.11. The zero-order valence-electron chi connectivity index (χ0n) is 13.1. The average molecular weight is 351 g/mol. The number of likely N-dealkylation sites (tertiary alicyclic amines) is 1. The van der Waals surface area contributed by atoms with E-state index in [0.717, 1.165) is 25.5 Å². The molecule has 0 N–H and O–H groups in total. The molecule has 2 aromatic rings. The van der Waals surface area contributed by atoms with Crippen molar-refractivity contribution in [3.05, 3.63) is 52.4 Å². The van der Waals surface area contributed by atoms with Gasteiger partial charge in [0.2, 0.25) is 0 Å². The lowest BCUT2D eigenvalue weighted by Gasteiger charge is -2.38. The van der Waals surface area contributed by atoms with Gasteiger partial charge in [0.1, 0.15) is 12.1 Å². The molecule has 122 valence electrons. The van der Waals surface area contributed by atoms with Crippen molar-refractivity contribution in [3.63, 3.8) is 0 Å². The highest BCUT2D eigenvalue weighted by atomic mass is 35.5. The van der Waals surface area contributed by atoms with Crippen molar-refractivity contribution in [2.75, 3.05) is 25.0 Å². The Morgan fingerprint density at radius 3 is 2.87 bits per heavy atom. The highest BCUT2D eigenvalue weighted by Crippen LogP contribution is 2.25. The van der Waals surface area contributed by atoms with Crippen LogP contribution in [-0.2, 0) is 6.54 Å². The van der Waals surface area contributed by atoms with E-state index in [-0.39, 0.29) is 0 Å². The summed E-state index contributed by atoms with van der Waals surface area (Å²) in [6.07, 6.45) is 5.75. The van der Waals surface area contributed by atoms with E-state index < -0.39 is 0 Å². The third kappa shape index (κ3) is 4.14. The summed E-state index contributed by atoms with van der Waals surface area (Å²) in [5.41, 5.74) is 1.20. The van der Waals surface area contributed by atoms with Crippen LogP contribution in [0.25, 0.3) is 0 Å². The Morgan fingerprint density at radius 1 is 1.26 bits per heavy atom. The van der Waals surface area contributed by atoms with Crippen LogP contribution in [0.2, 0.25) is 10.0 Å². The fraction of sp³-hybridized carbons (Fsp3) is 0.412. The lowest BCUT2D eigenvalue weighted by Crippen LogP contribution is -2.46. The van der Waals surface area contributed by atoms with E-state index in [9.17, 15) is 0 Å². The second-order valence-electron chi connectivity index (χ2n) is 5.96. The average Bonchev–Trinajstić information content (AvgIpc) is 2.58. The van der Waals surface area contributed by atoms with E-state index in [1.807, 2.05) is 24.3 Å². The maximum atomic E-state index is 6.12. The van der Waals surface area contributed by atoms with Gasteiger partial charge < -0.3 is 4.90 Å². The normalized spacial score (nSPS) is 18.8. The molecule has 1 unspecified atom stereocenters. The predicted octanol–water partition coefficient (Wildman–Crippen LogP) is 3.88. The van der Waals surface area contributed by atoms with Gasteiger partial charge in [0, 0.05) is 32.4 Å². The van der Waals surface area contributed by atoms with E-state index in [1.54, 1.807) is 12.5 Å². The molecule has 1 aliphatic heterocycles. The molecule has 6 heteroatoms. The van der Waals surface area contributed by atoms with Crippen LogP contribution in [0.15, 0.2) is 36.8 Å². The molecule has 1 aromatic heterocycles. The largest absolute Gasteiger partial charge is 0.355 e. The maximum absolute atomic E-state index is 6.12. The van der Waals surface area contributed by atoms with Gasteiger partial charge in [-0.05, 0) is 43.1 Å². The Bertz CT molecular complexity index is 650. The van der Waals surface area contributed by atoms with Crippen LogP contribution in [0, 0.1) is 0 Å². The molecule has 2 heterocycles. The molecule has 1 aliphatic rings. The minimum Gasteiger partial charge on any atom is -0.355 e. The van der Waals surface area contributed by atoms with Gasteiger partial charge >= 0.3 is 0 Å². The number of benzene rings is 1. The number of hydrogen-bond acceptors (Lipinski definition) is 4. The molecule has 0 bridgehead atoms. The summed E-state index contributed by atoms with van der Waals surface area (Å²) in [5.74, 6) is 0.974. The molecule has 1 fully saturated rings. The first-order valence-electron chi connectivity index (χ1n) is 7.78. The minimum atomic E-state index is 0.460. The van der Waals surface area contributed by atoms with Gasteiger partial charge in [-0.3, -0.25) is 4.90 Å². The second-order valence-corrected chi connectivity index (χ2v) is 6.77. The van der Waals surface area contributed by atoms with Crippen LogP contribution < -0.4 is 4.90 Å². The summed E-state index contributed by atoms with van der Waals surface area (Å²) >= 11 is 12.1. The SMILES string of the molecule is CN(c1ccncn1)C1CCCN(Cc2ccc(Cl)c(Cl)c2)C1. The Balaban J connectivity index is 1.65. The lowest BCUT2D eigenvalue weighted by atomic mass is 10.0. The number of piperidine rings is 1. The highest BCUT2D eigenvalue weighted by molar-refractivity contribution is 6.42. The van der Waals surface area contributed by atoms with Gasteiger partial charge in [-0.15, -0.1) is 0 Å². The molecule has 0 amide bonds. The smallest absolute Gasteiger partial charge is 0.131 e. The second kappa shape index (κ2) is 7.47. The maximum Gasteiger partial charge on any atom is 0.131 e. The topological polar surface area (TPSA) is 32.3 Å². The van der Waals surface area contributed by atoms with Crippen LogP contribution in [0.5, 0.6) is 0 Å². The first kappa shape index (κ1) is 16.5. The Labute approximate surface area is 147 Å². The number of rotatable bonds is 4. The molecule has 4 nitrogen and oxygen atoms in total. The summed E-state index contributed by atoms with van der Waals surface area (Å²) in [4.78, 5) is 13.1. The summed E-state index contributed by atoms with van der Waals surface area (Å²) in [5, 5.41) is 1.23. The lowest BCUT2D eigenvalue weighted by molar-refractivity contribution is 0.198. The van der Waals surface area contributed by atoms with Gasteiger partial charge in [0.25, 0.3) is 0 Å². The van der Waals surface area contributed by atoms with Crippen molar-refractivity contribution in [3.8, 4) is 0 Å². The van der Waals surface area contributed by atoms with Crippen molar-refractivity contribution < 1.29 is 0 Å². The van der Waals surface area contributed by atoms with E-state index in [2.05, 4.69) is 26.8 Å². The van der Waals surface area contributed by atoms with Gasteiger partial charge in [-0.25, -0.2) is 9.97 Å². The Hall–Kier alpha value is -1.36. The van der Waals surface area contributed by atoms with Crippen molar-refractivity contribution >= 4 is 29.0 Å². The number of aromatic nitrogens is 2. The summed E-state index contributed by atoms with van der Waals surface area (Å²) in [6.45, 7) is 3.01. The molecule has 1 atom stereocenters. The molecule has 3 rings (SSSR count). The van der Waals surface area contributed by atoms with Crippen LogP contribution >= 0.6 is 23.2 Å². The zero-order valence-corrected chi connectivity index (χ0v) is 14.6. The van der Waals surface area contributed by atoms with Crippen molar-refractivity contribution in [1.29, 1.82) is 0 Å². The van der Waals surface area contributed by atoms with Crippen LogP contribution in [0.3, 0.4) is 0 Å². The van der Waals surface area contributed by atoms with Gasteiger partial charge in [-0.1, -0.05) is 29.3 Å².